The molecule has 7 heteroatoms. The summed E-state index contributed by atoms with van der Waals surface area (Å²) in [4.78, 5) is 25.6. The van der Waals surface area contributed by atoms with E-state index < -0.39 is 17.6 Å². The molecule has 1 aliphatic rings. The van der Waals surface area contributed by atoms with Crippen LogP contribution in [-0.2, 0) is 4.79 Å². The van der Waals surface area contributed by atoms with Crippen molar-refractivity contribution in [3.05, 3.63) is 86.9 Å². The molecule has 0 unspecified atom stereocenters. The van der Waals surface area contributed by atoms with E-state index in [9.17, 15) is 9.59 Å². The topological polar surface area (TPSA) is 77.8 Å². The molecule has 4 rings (SSSR count). The Morgan fingerprint density at radius 1 is 1.10 bits per heavy atom. The third-order valence-electron chi connectivity index (χ3n) is 4.79. The minimum absolute atomic E-state index is 0.331. The summed E-state index contributed by atoms with van der Waals surface area (Å²) < 4.78 is 16.4. The van der Waals surface area contributed by atoms with Crippen molar-refractivity contribution in [3.63, 3.8) is 0 Å². The Morgan fingerprint density at radius 3 is 2.45 bits per heavy atom. The van der Waals surface area contributed by atoms with Gasteiger partial charge in [-0.3, -0.25) is 4.79 Å². The van der Waals surface area contributed by atoms with Crippen LogP contribution in [0.3, 0.4) is 0 Å². The molecule has 1 aliphatic heterocycles. The van der Waals surface area contributed by atoms with Crippen LogP contribution in [0, 0.1) is 6.92 Å². The van der Waals surface area contributed by atoms with E-state index in [1.54, 1.807) is 56.5 Å². The van der Waals surface area contributed by atoms with Gasteiger partial charge in [-0.15, -0.1) is 0 Å². The Morgan fingerprint density at radius 2 is 1.79 bits per heavy atom. The van der Waals surface area contributed by atoms with E-state index in [0.29, 0.717) is 33.5 Å². The van der Waals surface area contributed by atoms with Crippen molar-refractivity contribution in [1.29, 1.82) is 0 Å². The molecular weight excluding hydrogens is 394 g/mol. The van der Waals surface area contributed by atoms with Crippen LogP contribution >= 0.6 is 11.6 Å². The molecule has 0 saturated heterocycles. The molecule has 29 heavy (non-hydrogen) atoms. The van der Waals surface area contributed by atoms with Gasteiger partial charge < -0.3 is 19.2 Å². The zero-order chi connectivity index (χ0) is 20.5. The first-order valence-electron chi connectivity index (χ1n) is 8.98. The van der Waals surface area contributed by atoms with Gasteiger partial charge in [0.2, 0.25) is 0 Å². The number of hydrogen-bond donors (Lipinski definition) is 1. The van der Waals surface area contributed by atoms with Crippen molar-refractivity contribution < 1.29 is 18.7 Å². The van der Waals surface area contributed by atoms with Crippen LogP contribution in [0.5, 0.6) is 11.5 Å². The normalized spacial score (nSPS) is 17.3. The molecule has 0 spiro atoms. The summed E-state index contributed by atoms with van der Waals surface area (Å²) in [5.74, 6) is 0.462. The number of aryl methyl sites for hydroxylation is 1. The van der Waals surface area contributed by atoms with Crippen LogP contribution in [0.15, 0.2) is 63.8 Å². The van der Waals surface area contributed by atoms with Gasteiger partial charge in [0, 0.05) is 16.8 Å². The van der Waals surface area contributed by atoms with Crippen molar-refractivity contribution in [1.82, 2.24) is 0 Å². The van der Waals surface area contributed by atoms with Gasteiger partial charge in [-0.25, -0.2) is 4.79 Å². The number of anilines is 1. The van der Waals surface area contributed by atoms with Gasteiger partial charge in [-0.2, -0.15) is 0 Å². The molecular formula is C22H18ClNO5. The molecule has 6 nitrogen and oxygen atoms in total. The largest absolute Gasteiger partial charge is 0.497 e. The van der Waals surface area contributed by atoms with Gasteiger partial charge in [0.15, 0.2) is 6.10 Å². The smallest absolute Gasteiger partial charge is 0.343 e. The summed E-state index contributed by atoms with van der Waals surface area (Å²) in [6, 6.07) is 15.6. The summed E-state index contributed by atoms with van der Waals surface area (Å²) in [6.07, 6.45) is -0.932. The predicted octanol–water partition coefficient (Wildman–Crippen LogP) is 4.14. The van der Waals surface area contributed by atoms with E-state index in [1.165, 1.54) is 0 Å². The molecule has 2 aromatic carbocycles. The average Bonchev–Trinajstić information content (AvgIpc) is 3.09. The molecule has 148 valence electrons. The highest BCUT2D eigenvalue weighted by Crippen LogP contribution is 2.41. The van der Waals surface area contributed by atoms with Crippen molar-refractivity contribution in [2.45, 2.75) is 18.9 Å². The van der Waals surface area contributed by atoms with Gasteiger partial charge in [0.1, 0.15) is 17.3 Å². The molecule has 1 amide bonds. The van der Waals surface area contributed by atoms with Crippen LogP contribution in [0.25, 0.3) is 0 Å². The second-order valence-electron chi connectivity index (χ2n) is 6.71. The third-order valence-corrected chi connectivity index (χ3v) is 5.04. The molecule has 1 N–H and O–H groups in total. The van der Waals surface area contributed by atoms with Crippen molar-refractivity contribution in [2.75, 3.05) is 12.4 Å². The highest BCUT2D eigenvalue weighted by molar-refractivity contribution is 6.30. The van der Waals surface area contributed by atoms with Crippen molar-refractivity contribution in [3.8, 4) is 11.5 Å². The van der Waals surface area contributed by atoms with Gasteiger partial charge >= 0.3 is 5.63 Å². The molecule has 0 bridgehead atoms. The van der Waals surface area contributed by atoms with E-state index in [1.807, 2.05) is 12.1 Å². The molecule has 3 aromatic rings. The Kier molecular flexibility index (Phi) is 5.03. The summed E-state index contributed by atoms with van der Waals surface area (Å²) in [5, 5.41) is 3.39. The number of benzene rings is 2. The van der Waals surface area contributed by atoms with Crippen LogP contribution in [-0.4, -0.2) is 19.1 Å². The maximum atomic E-state index is 13.0. The molecule has 0 radical (unpaired) electrons. The predicted molar refractivity (Wildman–Crippen MR) is 109 cm³/mol. The highest BCUT2D eigenvalue weighted by Gasteiger charge is 2.43. The zero-order valence-corrected chi connectivity index (χ0v) is 16.5. The van der Waals surface area contributed by atoms with Gasteiger partial charge in [-0.1, -0.05) is 23.7 Å². The Hall–Kier alpha value is -3.25. The zero-order valence-electron chi connectivity index (χ0n) is 15.8. The molecule has 0 saturated carbocycles. The number of ether oxygens (including phenoxy) is 2. The van der Waals surface area contributed by atoms with Crippen molar-refractivity contribution in [2.24, 2.45) is 0 Å². The van der Waals surface area contributed by atoms with Crippen LogP contribution in [0.1, 0.15) is 22.8 Å². The fourth-order valence-corrected chi connectivity index (χ4v) is 3.56. The second kappa shape index (κ2) is 7.64. The SMILES string of the molecule is COc1ccc([C@@H]2c3c(cc(C)oc3=O)O[C@@H]2C(=O)Nc2ccc(Cl)cc2)cc1. The van der Waals surface area contributed by atoms with E-state index >= 15 is 0 Å². The van der Waals surface area contributed by atoms with Gasteiger partial charge in [-0.05, 0) is 48.9 Å². The minimum Gasteiger partial charge on any atom is -0.497 e. The maximum Gasteiger partial charge on any atom is 0.343 e. The number of amides is 1. The number of methoxy groups -OCH3 is 1. The van der Waals surface area contributed by atoms with Gasteiger partial charge in [0.05, 0.1) is 18.6 Å². The third kappa shape index (κ3) is 3.71. The van der Waals surface area contributed by atoms with Gasteiger partial charge in [0.25, 0.3) is 5.91 Å². The first-order chi connectivity index (χ1) is 14.0. The number of fused-ring (bicyclic) bond motifs is 1. The number of rotatable bonds is 4. The Balaban J connectivity index is 1.73. The number of carbonyl (C=O) groups excluding carboxylic acids is 1. The second-order valence-corrected chi connectivity index (χ2v) is 7.14. The Bertz CT molecular complexity index is 1110. The lowest BCUT2D eigenvalue weighted by Crippen LogP contribution is -2.35. The highest BCUT2D eigenvalue weighted by atomic mass is 35.5. The maximum absolute atomic E-state index is 13.0. The molecule has 2 atom stereocenters. The summed E-state index contributed by atoms with van der Waals surface area (Å²) in [7, 11) is 1.57. The molecule has 2 heterocycles. The van der Waals surface area contributed by atoms with E-state index in [2.05, 4.69) is 5.32 Å². The lowest BCUT2D eigenvalue weighted by molar-refractivity contribution is -0.122. The first kappa shape index (κ1) is 19.1. The number of halogens is 1. The lowest BCUT2D eigenvalue weighted by Gasteiger charge is -2.19. The quantitative estimate of drug-likeness (QED) is 0.698. The average molecular weight is 412 g/mol. The van der Waals surface area contributed by atoms with Crippen LogP contribution in [0.2, 0.25) is 5.02 Å². The first-order valence-corrected chi connectivity index (χ1v) is 9.36. The fraction of sp³-hybridized carbons (Fsp3) is 0.182. The van der Waals surface area contributed by atoms with E-state index in [-0.39, 0.29) is 5.91 Å². The standard InChI is InChI=1S/C22H18ClNO5/c1-12-11-17-19(22(26)28-12)18(13-3-9-16(27-2)10-4-13)20(29-17)21(25)24-15-7-5-14(23)6-8-15/h3-11,18,20H,1-2H3,(H,24,25)/t18-,20+/m1/s1. The molecule has 0 fully saturated rings. The summed E-state index contributed by atoms with van der Waals surface area (Å²) in [6.45, 7) is 1.66. The monoisotopic (exact) mass is 411 g/mol. The van der Waals surface area contributed by atoms with E-state index in [4.69, 9.17) is 25.5 Å². The Labute approximate surface area is 172 Å². The molecule has 0 aliphatic carbocycles. The fourth-order valence-electron chi connectivity index (χ4n) is 3.43. The number of nitrogens with one attached hydrogen (secondary N) is 1. The summed E-state index contributed by atoms with van der Waals surface area (Å²) >= 11 is 5.90. The lowest BCUT2D eigenvalue weighted by atomic mass is 9.88. The summed E-state index contributed by atoms with van der Waals surface area (Å²) in [5.41, 5.74) is 1.15. The minimum atomic E-state index is -0.932. The van der Waals surface area contributed by atoms with Crippen molar-refractivity contribution >= 4 is 23.2 Å². The van der Waals surface area contributed by atoms with Crippen LogP contribution in [0.4, 0.5) is 5.69 Å². The number of hydrogen-bond acceptors (Lipinski definition) is 5. The van der Waals surface area contributed by atoms with Crippen LogP contribution < -0.4 is 20.4 Å². The molecule has 1 aromatic heterocycles. The number of carbonyl (C=O) groups is 1. The van der Waals surface area contributed by atoms with E-state index in [0.717, 1.165) is 5.56 Å².